The molecular weight excluding hydrogens is 454 g/mol. The molecule has 5 rings (SSSR count). The number of hydrogen-bond donors (Lipinski definition) is 2. The van der Waals surface area contributed by atoms with E-state index in [9.17, 15) is 4.79 Å². The summed E-state index contributed by atoms with van der Waals surface area (Å²) in [5.41, 5.74) is 3.41. The molecule has 36 heavy (non-hydrogen) atoms. The van der Waals surface area contributed by atoms with Crippen LogP contribution in [0.15, 0.2) is 24.3 Å². The minimum absolute atomic E-state index is 0.0275. The van der Waals surface area contributed by atoms with Gasteiger partial charge < -0.3 is 25.0 Å². The van der Waals surface area contributed by atoms with Crippen molar-refractivity contribution >= 4 is 23.7 Å². The van der Waals surface area contributed by atoms with E-state index in [1.54, 1.807) is 14.2 Å². The van der Waals surface area contributed by atoms with Crippen molar-refractivity contribution in [1.82, 2.24) is 15.3 Å². The molecule has 1 amide bonds. The largest absolute Gasteiger partial charge is 0.497 e. The summed E-state index contributed by atoms with van der Waals surface area (Å²) in [5, 5.41) is 6.88. The van der Waals surface area contributed by atoms with Gasteiger partial charge >= 0.3 is 0 Å². The summed E-state index contributed by atoms with van der Waals surface area (Å²) in [6, 6.07) is 6.17. The molecular formula is C28H37N5O3. The fourth-order valence-electron chi connectivity index (χ4n) is 5.79. The highest BCUT2D eigenvalue weighted by molar-refractivity contribution is 5.79. The monoisotopic (exact) mass is 491 g/mol. The molecule has 0 aliphatic heterocycles. The lowest BCUT2D eigenvalue weighted by molar-refractivity contribution is -0.121. The van der Waals surface area contributed by atoms with Crippen LogP contribution >= 0.6 is 0 Å². The zero-order valence-corrected chi connectivity index (χ0v) is 21.8. The van der Waals surface area contributed by atoms with Gasteiger partial charge in [0, 0.05) is 37.3 Å². The molecule has 0 radical (unpaired) electrons. The van der Waals surface area contributed by atoms with E-state index in [1.165, 1.54) is 5.56 Å². The second-order valence-corrected chi connectivity index (χ2v) is 10.5. The number of nitrogens with zero attached hydrogens (tertiary/aromatic N) is 3. The quantitative estimate of drug-likeness (QED) is 0.577. The van der Waals surface area contributed by atoms with Crippen molar-refractivity contribution in [3.8, 4) is 11.5 Å². The van der Waals surface area contributed by atoms with Crippen LogP contribution in [0.5, 0.6) is 11.5 Å². The van der Waals surface area contributed by atoms with Crippen molar-refractivity contribution < 1.29 is 14.3 Å². The Balaban J connectivity index is 1.15. The molecule has 1 aromatic carbocycles. The summed E-state index contributed by atoms with van der Waals surface area (Å²) >= 11 is 0. The number of amides is 1. The first-order valence-electron chi connectivity index (χ1n) is 12.9. The summed E-state index contributed by atoms with van der Waals surface area (Å²) < 4.78 is 10.7. The van der Waals surface area contributed by atoms with E-state index in [0.29, 0.717) is 17.2 Å². The fourth-order valence-corrected chi connectivity index (χ4v) is 5.79. The van der Waals surface area contributed by atoms with Gasteiger partial charge in [-0.2, -0.15) is 4.98 Å². The van der Waals surface area contributed by atoms with Gasteiger partial charge in [0.15, 0.2) is 0 Å². The lowest BCUT2D eigenvalue weighted by atomic mass is 9.82. The number of anilines is 2. The molecule has 192 valence electrons. The predicted molar refractivity (Wildman–Crippen MR) is 142 cm³/mol. The molecule has 3 aliphatic rings. The van der Waals surface area contributed by atoms with Crippen molar-refractivity contribution in [3.05, 3.63) is 41.1 Å². The normalized spacial score (nSPS) is 24.1. The molecule has 2 saturated carbocycles. The number of ether oxygens (including phenoxy) is 2. The van der Waals surface area contributed by atoms with Gasteiger partial charge in [0.1, 0.15) is 17.3 Å². The van der Waals surface area contributed by atoms with Gasteiger partial charge in [0.05, 0.1) is 26.3 Å². The summed E-state index contributed by atoms with van der Waals surface area (Å²) in [6.07, 6.45) is 12.0. The van der Waals surface area contributed by atoms with Gasteiger partial charge in [-0.1, -0.05) is 6.08 Å². The Hall–Kier alpha value is -3.29. The number of allylic oxidation sites excluding steroid dienone is 1. The van der Waals surface area contributed by atoms with Gasteiger partial charge in [-0.15, -0.1) is 0 Å². The second kappa shape index (κ2) is 9.99. The zero-order valence-electron chi connectivity index (χ0n) is 21.8. The molecule has 0 saturated heterocycles. The van der Waals surface area contributed by atoms with Crippen LogP contribution in [0.4, 0.5) is 11.8 Å². The molecule has 8 nitrogen and oxygen atoms in total. The predicted octanol–water partition coefficient (Wildman–Crippen LogP) is 3.99. The van der Waals surface area contributed by atoms with E-state index >= 15 is 0 Å². The van der Waals surface area contributed by atoms with Gasteiger partial charge in [-0.3, -0.25) is 4.79 Å². The number of methoxy groups -OCH3 is 2. The van der Waals surface area contributed by atoms with Crippen molar-refractivity contribution in [2.45, 2.75) is 63.5 Å². The fraction of sp³-hybridized carbons (Fsp3) is 0.536. The standard InChI is InChI=1S/C28H37N5O3/c1-33(2)26-21-7-5-6-8-22(21)30-27(32-26)31-24-17-28(24)13-11-19(12-14-28)29-25(34)16-18-15-20(35-3)9-10-23(18)36-4/h6,8-10,15,19,24H,5,7,11-14,16-17H2,1-4H3,(H,29,34)(H,30,31,32). The summed E-state index contributed by atoms with van der Waals surface area (Å²) in [6.45, 7) is 0. The van der Waals surface area contributed by atoms with E-state index in [2.05, 4.69) is 27.7 Å². The topological polar surface area (TPSA) is 88.6 Å². The Kier molecular flexibility index (Phi) is 6.77. The molecule has 8 heteroatoms. The van der Waals surface area contributed by atoms with Crippen LogP contribution < -0.4 is 25.0 Å². The SMILES string of the molecule is COc1ccc(OC)c(CC(=O)NC2CCC3(CC2)CC3Nc2nc3c(c(N(C)C)n2)CCC=C3)c1. The number of benzene rings is 1. The highest BCUT2D eigenvalue weighted by Gasteiger charge is 2.55. The van der Waals surface area contributed by atoms with Crippen molar-refractivity contribution in [3.63, 3.8) is 0 Å². The first kappa shape index (κ1) is 24.4. The van der Waals surface area contributed by atoms with Crippen LogP contribution in [-0.4, -0.2) is 56.3 Å². The van der Waals surface area contributed by atoms with Crippen LogP contribution in [0, 0.1) is 5.41 Å². The molecule has 2 aromatic rings. The lowest BCUT2D eigenvalue weighted by Crippen LogP contribution is -2.39. The zero-order chi connectivity index (χ0) is 25.3. The van der Waals surface area contributed by atoms with Crippen molar-refractivity contribution in [1.29, 1.82) is 0 Å². The third-order valence-corrected chi connectivity index (χ3v) is 7.96. The van der Waals surface area contributed by atoms with Crippen LogP contribution in [0.1, 0.15) is 55.3 Å². The Morgan fingerprint density at radius 3 is 2.69 bits per heavy atom. The first-order valence-corrected chi connectivity index (χ1v) is 12.9. The summed E-state index contributed by atoms with van der Waals surface area (Å²) in [7, 11) is 7.34. The third-order valence-electron chi connectivity index (χ3n) is 7.96. The Morgan fingerprint density at radius 1 is 1.17 bits per heavy atom. The smallest absolute Gasteiger partial charge is 0.225 e. The number of carbonyl (C=O) groups excluding carboxylic acids is 1. The number of aromatic nitrogens is 2. The van der Waals surface area contributed by atoms with Gasteiger partial charge in [0.25, 0.3) is 0 Å². The van der Waals surface area contributed by atoms with Gasteiger partial charge in [-0.25, -0.2) is 4.98 Å². The van der Waals surface area contributed by atoms with Crippen LogP contribution in [0.25, 0.3) is 6.08 Å². The Labute approximate surface area is 213 Å². The average molecular weight is 492 g/mol. The molecule has 1 spiro atoms. The Bertz CT molecular complexity index is 1150. The van der Waals surface area contributed by atoms with Crippen LogP contribution in [0.2, 0.25) is 0 Å². The van der Waals surface area contributed by atoms with Crippen molar-refractivity contribution in [2.24, 2.45) is 5.41 Å². The third kappa shape index (κ3) is 4.99. The lowest BCUT2D eigenvalue weighted by Gasteiger charge is -2.30. The minimum atomic E-state index is 0.0275. The number of rotatable bonds is 8. The highest BCUT2D eigenvalue weighted by atomic mass is 16.5. The Morgan fingerprint density at radius 2 is 1.97 bits per heavy atom. The van der Waals surface area contributed by atoms with E-state index < -0.39 is 0 Å². The maximum atomic E-state index is 12.8. The molecule has 0 bridgehead atoms. The maximum absolute atomic E-state index is 12.8. The first-order chi connectivity index (χ1) is 17.4. The average Bonchev–Trinajstić information content (AvgIpc) is 3.55. The second-order valence-electron chi connectivity index (χ2n) is 10.5. The van der Waals surface area contributed by atoms with E-state index in [4.69, 9.17) is 19.4 Å². The van der Waals surface area contributed by atoms with Gasteiger partial charge in [0.2, 0.25) is 11.9 Å². The molecule has 1 aromatic heterocycles. The van der Waals surface area contributed by atoms with Crippen LogP contribution in [0.3, 0.4) is 0 Å². The molecule has 2 fully saturated rings. The number of hydrogen-bond acceptors (Lipinski definition) is 7. The van der Waals surface area contributed by atoms with E-state index in [0.717, 1.165) is 73.7 Å². The molecule has 1 unspecified atom stereocenters. The summed E-state index contributed by atoms with van der Waals surface area (Å²) in [5.74, 6) is 3.20. The number of carbonyl (C=O) groups is 1. The molecule has 1 atom stereocenters. The van der Waals surface area contributed by atoms with E-state index in [1.807, 2.05) is 32.3 Å². The number of fused-ring (bicyclic) bond motifs is 1. The number of nitrogens with one attached hydrogen (secondary N) is 2. The van der Waals surface area contributed by atoms with Gasteiger partial charge in [-0.05, 0) is 74.6 Å². The molecule has 3 aliphatic carbocycles. The summed E-state index contributed by atoms with van der Waals surface area (Å²) in [4.78, 5) is 24.6. The highest BCUT2D eigenvalue weighted by Crippen LogP contribution is 2.57. The molecule has 1 heterocycles. The maximum Gasteiger partial charge on any atom is 0.225 e. The molecule has 2 N–H and O–H groups in total. The minimum Gasteiger partial charge on any atom is -0.497 e. The van der Waals surface area contributed by atoms with E-state index in [-0.39, 0.29) is 18.4 Å². The van der Waals surface area contributed by atoms with Crippen molar-refractivity contribution in [2.75, 3.05) is 38.5 Å². The van der Waals surface area contributed by atoms with Crippen LogP contribution in [-0.2, 0) is 17.6 Å².